The van der Waals surface area contributed by atoms with E-state index < -0.39 is 0 Å². The first kappa shape index (κ1) is 17.4. The number of hydrogen-bond donors (Lipinski definition) is 1. The summed E-state index contributed by atoms with van der Waals surface area (Å²) in [6.07, 6.45) is 5.33. The third-order valence-electron chi connectivity index (χ3n) is 4.25. The summed E-state index contributed by atoms with van der Waals surface area (Å²) in [5, 5.41) is 5.30. The summed E-state index contributed by atoms with van der Waals surface area (Å²) in [7, 11) is 0. The molecular formula is C20H19N5OS. The molecule has 3 heterocycles. The Morgan fingerprint density at radius 1 is 1.07 bits per heavy atom. The van der Waals surface area contributed by atoms with Gasteiger partial charge in [-0.1, -0.05) is 30.3 Å². The zero-order valence-electron chi connectivity index (χ0n) is 14.7. The Morgan fingerprint density at radius 2 is 1.96 bits per heavy atom. The standard InChI is InChI=1S/C20H19N5OS/c26-18(24-20-22-12-13-27-20)10-4-9-17-23-16-8-5-11-21-19(16)25(17)14-15-6-2-1-3-7-15/h1-3,5-8,11-13H,4,9-10,14H2,(H,22,24,26). The smallest absolute Gasteiger partial charge is 0.226 e. The zero-order chi connectivity index (χ0) is 18.5. The molecule has 0 saturated carbocycles. The van der Waals surface area contributed by atoms with Gasteiger partial charge < -0.3 is 9.88 Å². The first-order chi connectivity index (χ1) is 13.3. The number of aromatic nitrogens is 4. The fourth-order valence-electron chi connectivity index (χ4n) is 3.00. The minimum Gasteiger partial charge on any atom is -0.308 e. The van der Waals surface area contributed by atoms with Crippen LogP contribution in [-0.4, -0.2) is 25.4 Å². The Bertz CT molecular complexity index is 1030. The van der Waals surface area contributed by atoms with Crippen molar-refractivity contribution >= 4 is 33.5 Å². The van der Waals surface area contributed by atoms with Crippen LogP contribution in [-0.2, 0) is 17.8 Å². The number of carbonyl (C=O) groups excluding carboxylic acids is 1. The summed E-state index contributed by atoms with van der Waals surface area (Å²) in [4.78, 5) is 25.4. The molecule has 0 saturated heterocycles. The Morgan fingerprint density at radius 3 is 2.78 bits per heavy atom. The molecule has 0 fully saturated rings. The maximum Gasteiger partial charge on any atom is 0.226 e. The van der Waals surface area contributed by atoms with E-state index in [0.29, 0.717) is 18.0 Å². The molecule has 1 aromatic carbocycles. The molecule has 0 atom stereocenters. The van der Waals surface area contributed by atoms with Crippen molar-refractivity contribution in [1.29, 1.82) is 0 Å². The highest BCUT2D eigenvalue weighted by Crippen LogP contribution is 2.18. The Kier molecular flexibility index (Phi) is 5.20. The number of carbonyl (C=O) groups is 1. The second-order valence-electron chi connectivity index (χ2n) is 6.18. The quantitative estimate of drug-likeness (QED) is 0.530. The lowest BCUT2D eigenvalue weighted by Gasteiger charge is -2.09. The monoisotopic (exact) mass is 377 g/mol. The molecule has 4 rings (SSSR count). The summed E-state index contributed by atoms with van der Waals surface area (Å²) in [5.74, 6) is 0.934. The first-order valence-corrected chi connectivity index (χ1v) is 9.71. The van der Waals surface area contributed by atoms with Crippen LogP contribution in [0.1, 0.15) is 24.2 Å². The number of amides is 1. The lowest BCUT2D eigenvalue weighted by molar-refractivity contribution is -0.116. The van der Waals surface area contributed by atoms with Gasteiger partial charge in [-0.15, -0.1) is 11.3 Å². The van der Waals surface area contributed by atoms with E-state index in [1.807, 2.05) is 35.7 Å². The van der Waals surface area contributed by atoms with Crippen molar-refractivity contribution in [3.63, 3.8) is 0 Å². The Hall–Kier alpha value is -3.06. The van der Waals surface area contributed by atoms with Crippen LogP contribution in [0.4, 0.5) is 5.13 Å². The molecule has 4 aromatic rings. The maximum atomic E-state index is 12.1. The number of rotatable bonds is 7. The van der Waals surface area contributed by atoms with E-state index in [-0.39, 0.29) is 5.91 Å². The van der Waals surface area contributed by atoms with E-state index in [0.717, 1.165) is 30.0 Å². The van der Waals surface area contributed by atoms with Crippen LogP contribution in [0.15, 0.2) is 60.2 Å². The van der Waals surface area contributed by atoms with Gasteiger partial charge in [0.15, 0.2) is 10.8 Å². The van der Waals surface area contributed by atoms with Gasteiger partial charge >= 0.3 is 0 Å². The van der Waals surface area contributed by atoms with Gasteiger partial charge in [0, 0.05) is 30.6 Å². The lowest BCUT2D eigenvalue weighted by atomic mass is 10.2. The average molecular weight is 377 g/mol. The van der Waals surface area contributed by atoms with Gasteiger partial charge in [-0.25, -0.2) is 15.0 Å². The van der Waals surface area contributed by atoms with Crippen LogP contribution in [0.2, 0.25) is 0 Å². The van der Waals surface area contributed by atoms with Crippen molar-refractivity contribution < 1.29 is 4.79 Å². The van der Waals surface area contributed by atoms with Crippen LogP contribution in [0.3, 0.4) is 0 Å². The number of thiazole rings is 1. The minimum atomic E-state index is -0.0196. The SMILES string of the molecule is O=C(CCCc1nc2cccnc2n1Cc1ccccc1)Nc1nccs1. The number of aryl methyl sites for hydroxylation is 1. The summed E-state index contributed by atoms with van der Waals surface area (Å²) in [6, 6.07) is 14.1. The number of nitrogens with zero attached hydrogens (tertiary/aromatic N) is 4. The molecule has 0 spiro atoms. The molecule has 27 heavy (non-hydrogen) atoms. The molecule has 6 nitrogen and oxygen atoms in total. The molecule has 3 aromatic heterocycles. The van der Waals surface area contributed by atoms with Gasteiger partial charge in [0.2, 0.25) is 5.91 Å². The van der Waals surface area contributed by atoms with E-state index in [9.17, 15) is 4.79 Å². The van der Waals surface area contributed by atoms with Crippen LogP contribution in [0, 0.1) is 0 Å². The molecule has 136 valence electrons. The third-order valence-corrected chi connectivity index (χ3v) is 4.94. The normalized spacial score (nSPS) is 11.0. The highest BCUT2D eigenvalue weighted by Gasteiger charge is 2.13. The molecule has 0 unspecified atom stereocenters. The van der Waals surface area contributed by atoms with E-state index in [2.05, 4.69) is 32.0 Å². The minimum absolute atomic E-state index is 0.0196. The van der Waals surface area contributed by atoms with E-state index in [1.165, 1.54) is 16.9 Å². The first-order valence-electron chi connectivity index (χ1n) is 8.83. The van der Waals surface area contributed by atoms with E-state index in [1.54, 1.807) is 12.4 Å². The summed E-state index contributed by atoms with van der Waals surface area (Å²) in [5.41, 5.74) is 2.96. The van der Waals surface area contributed by atoms with Crippen LogP contribution in [0.25, 0.3) is 11.2 Å². The number of nitrogens with one attached hydrogen (secondary N) is 1. The molecule has 7 heteroatoms. The molecule has 0 aliphatic rings. The summed E-state index contributed by atoms with van der Waals surface area (Å²) < 4.78 is 2.14. The van der Waals surface area contributed by atoms with E-state index in [4.69, 9.17) is 4.98 Å². The van der Waals surface area contributed by atoms with Gasteiger partial charge in [0.25, 0.3) is 0 Å². The van der Waals surface area contributed by atoms with Gasteiger partial charge in [0.1, 0.15) is 11.3 Å². The highest BCUT2D eigenvalue weighted by molar-refractivity contribution is 7.13. The van der Waals surface area contributed by atoms with Gasteiger partial charge in [0.05, 0.1) is 6.54 Å². The predicted molar refractivity (Wildman–Crippen MR) is 107 cm³/mol. The highest BCUT2D eigenvalue weighted by atomic mass is 32.1. The van der Waals surface area contributed by atoms with Crippen molar-refractivity contribution in [2.45, 2.75) is 25.8 Å². The van der Waals surface area contributed by atoms with Crippen molar-refractivity contribution in [3.05, 3.63) is 71.6 Å². The Balaban J connectivity index is 1.47. The summed E-state index contributed by atoms with van der Waals surface area (Å²) in [6.45, 7) is 0.717. The molecular weight excluding hydrogens is 358 g/mol. The summed E-state index contributed by atoms with van der Waals surface area (Å²) >= 11 is 1.42. The van der Waals surface area contributed by atoms with Crippen molar-refractivity contribution in [2.75, 3.05) is 5.32 Å². The average Bonchev–Trinajstić information content (AvgIpc) is 3.31. The number of benzene rings is 1. The van der Waals surface area contributed by atoms with Gasteiger partial charge in [-0.3, -0.25) is 4.79 Å². The van der Waals surface area contributed by atoms with Gasteiger partial charge in [-0.2, -0.15) is 0 Å². The zero-order valence-corrected chi connectivity index (χ0v) is 15.5. The maximum absolute atomic E-state index is 12.1. The molecule has 0 aliphatic heterocycles. The third kappa shape index (κ3) is 4.20. The molecule has 0 radical (unpaired) electrons. The number of hydrogen-bond acceptors (Lipinski definition) is 5. The molecule has 0 aliphatic carbocycles. The van der Waals surface area contributed by atoms with Crippen LogP contribution >= 0.6 is 11.3 Å². The van der Waals surface area contributed by atoms with E-state index >= 15 is 0 Å². The number of anilines is 1. The number of pyridine rings is 1. The fraction of sp³-hybridized carbons (Fsp3) is 0.200. The largest absolute Gasteiger partial charge is 0.308 e. The van der Waals surface area contributed by atoms with Crippen LogP contribution in [0.5, 0.6) is 0 Å². The van der Waals surface area contributed by atoms with Gasteiger partial charge in [-0.05, 0) is 24.1 Å². The Labute approximate surface area is 160 Å². The second kappa shape index (κ2) is 8.09. The van der Waals surface area contributed by atoms with Crippen molar-refractivity contribution in [1.82, 2.24) is 19.5 Å². The predicted octanol–water partition coefficient (Wildman–Crippen LogP) is 3.90. The molecule has 1 amide bonds. The van der Waals surface area contributed by atoms with Crippen molar-refractivity contribution in [3.8, 4) is 0 Å². The molecule has 1 N–H and O–H groups in total. The number of imidazole rings is 1. The van der Waals surface area contributed by atoms with Crippen LogP contribution < -0.4 is 5.32 Å². The topological polar surface area (TPSA) is 72.7 Å². The molecule has 0 bridgehead atoms. The lowest BCUT2D eigenvalue weighted by Crippen LogP contribution is -2.12. The number of fused-ring (bicyclic) bond motifs is 1. The second-order valence-corrected chi connectivity index (χ2v) is 7.08. The fourth-order valence-corrected chi connectivity index (χ4v) is 3.55. The van der Waals surface area contributed by atoms with Crippen molar-refractivity contribution in [2.24, 2.45) is 0 Å².